The van der Waals surface area contributed by atoms with Crippen LogP contribution in [-0.2, 0) is 11.3 Å². The van der Waals surface area contributed by atoms with Gasteiger partial charge in [0.2, 0.25) is 0 Å². The summed E-state index contributed by atoms with van der Waals surface area (Å²) in [4.78, 5) is 4.05. The van der Waals surface area contributed by atoms with E-state index in [4.69, 9.17) is 15.2 Å². The van der Waals surface area contributed by atoms with Crippen LogP contribution in [0.3, 0.4) is 0 Å². The largest absolute Gasteiger partial charge is 0.492 e. The monoisotopic (exact) mass is 236 g/mol. The van der Waals surface area contributed by atoms with Gasteiger partial charge in [-0.3, -0.25) is 4.98 Å². The number of aromatic nitrogens is 1. The highest BCUT2D eigenvalue weighted by Gasteiger charge is 2.13. The van der Waals surface area contributed by atoms with E-state index in [1.807, 2.05) is 6.07 Å². The Morgan fingerprint density at radius 2 is 2.41 bits per heavy atom. The molecule has 17 heavy (non-hydrogen) atoms. The second-order valence-electron chi connectivity index (χ2n) is 4.31. The van der Waals surface area contributed by atoms with Crippen molar-refractivity contribution in [2.24, 2.45) is 5.73 Å². The van der Waals surface area contributed by atoms with Gasteiger partial charge >= 0.3 is 0 Å². The summed E-state index contributed by atoms with van der Waals surface area (Å²) in [6.07, 6.45) is 8.38. The summed E-state index contributed by atoms with van der Waals surface area (Å²) in [5.41, 5.74) is 6.64. The molecule has 94 valence electrons. The van der Waals surface area contributed by atoms with E-state index in [-0.39, 0.29) is 0 Å². The molecule has 0 radical (unpaired) electrons. The number of hydrogen-bond donors (Lipinski definition) is 1. The number of pyridine rings is 1. The molecule has 0 bridgehead atoms. The van der Waals surface area contributed by atoms with Crippen molar-refractivity contribution in [3.8, 4) is 5.75 Å². The highest BCUT2D eigenvalue weighted by molar-refractivity contribution is 5.29. The number of ether oxygens (including phenoxy) is 2. The minimum atomic E-state index is 0.363. The van der Waals surface area contributed by atoms with Gasteiger partial charge in [0.05, 0.1) is 18.9 Å². The second-order valence-corrected chi connectivity index (χ2v) is 4.31. The molecule has 1 fully saturated rings. The lowest BCUT2D eigenvalue weighted by molar-refractivity contribution is 0.00397. The Bertz CT molecular complexity index is 338. The molecule has 1 aromatic heterocycles. The first kappa shape index (κ1) is 12.3. The molecule has 4 nitrogen and oxygen atoms in total. The van der Waals surface area contributed by atoms with Crippen LogP contribution in [0.25, 0.3) is 0 Å². The van der Waals surface area contributed by atoms with Gasteiger partial charge in [0.15, 0.2) is 0 Å². The van der Waals surface area contributed by atoms with Crippen molar-refractivity contribution in [2.45, 2.75) is 38.3 Å². The Hall–Kier alpha value is -1.13. The van der Waals surface area contributed by atoms with Crippen molar-refractivity contribution in [1.29, 1.82) is 0 Å². The fraction of sp³-hybridized carbons (Fsp3) is 0.615. The molecule has 0 saturated carbocycles. The van der Waals surface area contributed by atoms with E-state index in [9.17, 15) is 0 Å². The van der Waals surface area contributed by atoms with Crippen molar-refractivity contribution in [2.75, 3.05) is 13.2 Å². The molecule has 2 rings (SSSR count). The van der Waals surface area contributed by atoms with Crippen molar-refractivity contribution in [1.82, 2.24) is 4.98 Å². The third kappa shape index (κ3) is 3.68. The van der Waals surface area contributed by atoms with E-state index in [0.29, 0.717) is 19.3 Å². The summed E-state index contributed by atoms with van der Waals surface area (Å²) in [6.45, 7) is 2.05. The molecule has 0 spiro atoms. The maximum absolute atomic E-state index is 5.71. The molecule has 1 atom stereocenters. The van der Waals surface area contributed by atoms with E-state index >= 15 is 0 Å². The lowest BCUT2D eigenvalue weighted by Crippen LogP contribution is -2.21. The fourth-order valence-corrected chi connectivity index (χ4v) is 2.04. The molecule has 0 amide bonds. The summed E-state index contributed by atoms with van der Waals surface area (Å²) in [5.74, 6) is 0.797. The lowest BCUT2D eigenvalue weighted by Gasteiger charge is -2.22. The van der Waals surface area contributed by atoms with Gasteiger partial charge in [-0.1, -0.05) is 0 Å². The summed E-state index contributed by atoms with van der Waals surface area (Å²) in [5, 5.41) is 0. The Morgan fingerprint density at radius 3 is 3.18 bits per heavy atom. The molecular formula is C13H20N2O2. The van der Waals surface area contributed by atoms with Gasteiger partial charge in [-0.2, -0.15) is 0 Å². The quantitative estimate of drug-likeness (QED) is 0.848. The molecule has 1 saturated heterocycles. The molecule has 1 aliphatic rings. The number of hydrogen-bond acceptors (Lipinski definition) is 4. The van der Waals surface area contributed by atoms with Crippen LogP contribution >= 0.6 is 0 Å². The third-order valence-electron chi connectivity index (χ3n) is 3.06. The van der Waals surface area contributed by atoms with Crippen LogP contribution in [0.2, 0.25) is 0 Å². The average Bonchev–Trinajstić information content (AvgIpc) is 2.40. The predicted octanol–water partition coefficient (Wildman–Crippen LogP) is 1.88. The van der Waals surface area contributed by atoms with E-state index in [1.54, 1.807) is 12.4 Å². The first-order valence-corrected chi connectivity index (χ1v) is 6.27. The normalized spacial score (nSPS) is 20.2. The van der Waals surface area contributed by atoms with Gasteiger partial charge in [0.1, 0.15) is 5.75 Å². The molecule has 0 aliphatic carbocycles. The third-order valence-corrected chi connectivity index (χ3v) is 3.06. The first-order valence-electron chi connectivity index (χ1n) is 6.27. The Kier molecular flexibility index (Phi) is 4.76. The standard InChI is InChI=1S/C13H20N2O2/c14-9-11-4-6-15-10-13(11)17-8-5-12-3-1-2-7-16-12/h4,6,10,12H,1-3,5,7-9,14H2. The summed E-state index contributed by atoms with van der Waals surface area (Å²) >= 11 is 0. The van der Waals surface area contributed by atoms with E-state index in [1.165, 1.54) is 12.8 Å². The van der Waals surface area contributed by atoms with Crippen LogP contribution in [0.4, 0.5) is 0 Å². The topological polar surface area (TPSA) is 57.4 Å². The van der Waals surface area contributed by atoms with Gasteiger partial charge in [0, 0.05) is 31.3 Å². The van der Waals surface area contributed by atoms with Gasteiger partial charge in [-0.25, -0.2) is 0 Å². The number of nitrogens with zero attached hydrogens (tertiary/aromatic N) is 1. The summed E-state index contributed by atoms with van der Waals surface area (Å²) < 4.78 is 11.4. The summed E-state index contributed by atoms with van der Waals surface area (Å²) in [6, 6.07) is 1.90. The molecule has 1 aromatic rings. The Morgan fingerprint density at radius 1 is 1.47 bits per heavy atom. The fourth-order valence-electron chi connectivity index (χ4n) is 2.04. The van der Waals surface area contributed by atoms with Crippen LogP contribution in [0.1, 0.15) is 31.2 Å². The van der Waals surface area contributed by atoms with Crippen LogP contribution in [0.15, 0.2) is 18.5 Å². The molecule has 2 heterocycles. The van der Waals surface area contributed by atoms with Gasteiger partial charge < -0.3 is 15.2 Å². The van der Waals surface area contributed by atoms with Crippen molar-refractivity contribution in [3.63, 3.8) is 0 Å². The zero-order valence-corrected chi connectivity index (χ0v) is 10.1. The van der Waals surface area contributed by atoms with Crippen molar-refractivity contribution in [3.05, 3.63) is 24.0 Å². The zero-order valence-electron chi connectivity index (χ0n) is 10.1. The second kappa shape index (κ2) is 6.57. The van der Waals surface area contributed by atoms with Gasteiger partial charge in [-0.15, -0.1) is 0 Å². The highest BCUT2D eigenvalue weighted by atomic mass is 16.5. The lowest BCUT2D eigenvalue weighted by atomic mass is 10.1. The predicted molar refractivity (Wildman–Crippen MR) is 65.8 cm³/mol. The van der Waals surface area contributed by atoms with Crippen LogP contribution < -0.4 is 10.5 Å². The summed E-state index contributed by atoms with van der Waals surface area (Å²) in [7, 11) is 0. The maximum atomic E-state index is 5.71. The van der Waals surface area contributed by atoms with Crippen LogP contribution in [-0.4, -0.2) is 24.3 Å². The van der Waals surface area contributed by atoms with E-state index in [0.717, 1.165) is 30.8 Å². The average molecular weight is 236 g/mol. The van der Waals surface area contributed by atoms with Crippen LogP contribution in [0, 0.1) is 0 Å². The maximum Gasteiger partial charge on any atom is 0.142 e. The van der Waals surface area contributed by atoms with Crippen molar-refractivity contribution < 1.29 is 9.47 Å². The molecular weight excluding hydrogens is 216 g/mol. The van der Waals surface area contributed by atoms with E-state index < -0.39 is 0 Å². The minimum Gasteiger partial charge on any atom is -0.492 e. The highest BCUT2D eigenvalue weighted by Crippen LogP contribution is 2.18. The Balaban J connectivity index is 1.77. The van der Waals surface area contributed by atoms with Gasteiger partial charge in [0.25, 0.3) is 0 Å². The van der Waals surface area contributed by atoms with Crippen molar-refractivity contribution >= 4 is 0 Å². The molecule has 1 aliphatic heterocycles. The molecule has 2 N–H and O–H groups in total. The SMILES string of the molecule is NCc1ccncc1OCCC1CCCCO1. The number of nitrogens with two attached hydrogens (primary N) is 1. The minimum absolute atomic E-state index is 0.363. The number of rotatable bonds is 5. The smallest absolute Gasteiger partial charge is 0.142 e. The molecule has 4 heteroatoms. The first-order chi connectivity index (χ1) is 8.40. The molecule has 0 aromatic carbocycles. The van der Waals surface area contributed by atoms with E-state index in [2.05, 4.69) is 4.98 Å². The zero-order chi connectivity index (χ0) is 11.9. The van der Waals surface area contributed by atoms with Gasteiger partial charge in [-0.05, 0) is 25.3 Å². The van der Waals surface area contributed by atoms with Crippen LogP contribution in [0.5, 0.6) is 5.75 Å². The Labute approximate surface area is 102 Å². The molecule has 1 unspecified atom stereocenters.